The second-order valence-corrected chi connectivity index (χ2v) is 4.94. The van der Waals surface area contributed by atoms with Crippen molar-refractivity contribution in [1.82, 2.24) is 14.5 Å². The van der Waals surface area contributed by atoms with Crippen LogP contribution in [-0.4, -0.2) is 41.1 Å². The second kappa shape index (κ2) is 4.87. The Bertz CT molecular complexity index is 337. The van der Waals surface area contributed by atoms with Crippen LogP contribution in [0.3, 0.4) is 0 Å². The van der Waals surface area contributed by atoms with E-state index in [9.17, 15) is 0 Å². The third-order valence-electron chi connectivity index (χ3n) is 3.38. The van der Waals surface area contributed by atoms with E-state index >= 15 is 0 Å². The number of nitrogens with one attached hydrogen (secondary N) is 1. The molecule has 4 nitrogen and oxygen atoms in total. The van der Waals surface area contributed by atoms with Gasteiger partial charge in [-0.1, -0.05) is 0 Å². The average Bonchev–Trinajstić information content (AvgIpc) is 2.57. The highest BCUT2D eigenvalue weighted by molar-refractivity contribution is 5.28. The highest BCUT2D eigenvalue weighted by Crippen LogP contribution is 2.16. The van der Waals surface area contributed by atoms with Crippen molar-refractivity contribution in [2.24, 2.45) is 13.0 Å². The van der Waals surface area contributed by atoms with Gasteiger partial charge in [-0.2, -0.15) is 0 Å². The Morgan fingerprint density at radius 2 is 2.06 bits per heavy atom. The van der Waals surface area contributed by atoms with Crippen molar-refractivity contribution in [1.29, 1.82) is 0 Å². The molecule has 0 aromatic carbocycles. The van der Waals surface area contributed by atoms with Crippen LogP contribution in [0.15, 0.2) is 6.20 Å². The van der Waals surface area contributed by atoms with E-state index in [0.29, 0.717) is 0 Å². The molecule has 0 spiro atoms. The van der Waals surface area contributed by atoms with E-state index in [0.717, 1.165) is 24.1 Å². The maximum atomic E-state index is 4.45. The first kappa shape index (κ1) is 11.5. The molecule has 2 heterocycles. The number of nitrogens with zero attached hydrogens (tertiary/aromatic N) is 3. The Hall–Kier alpha value is -1.03. The Labute approximate surface area is 97.7 Å². The lowest BCUT2D eigenvalue weighted by molar-refractivity contribution is 0.226. The molecule has 0 bridgehead atoms. The third kappa shape index (κ3) is 2.76. The van der Waals surface area contributed by atoms with Gasteiger partial charge in [0.2, 0.25) is 5.95 Å². The number of aryl methyl sites for hydroxylation is 2. The molecule has 1 aliphatic rings. The molecule has 1 aliphatic heterocycles. The van der Waals surface area contributed by atoms with Crippen LogP contribution in [0, 0.1) is 12.8 Å². The lowest BCUT2D eigenvalue weighted by atomic mass is 9.97. The van der Waals surface area contributed by atoms with Crippen molar-refractivity contribution in [3.63, 3.8) is 0 Å². The first-order chi connectivity index (χ1) is 7.65. The highest BCUT2D eigenvalue weighted by Gasteiger charge is 2.16. The van der Waals surface area contributed by atoms with Crippen LogP contribution >= 0.6 is 0 Å². The summed E-state index contributed by atoms with van der Waals surface area (Å²) in [4.78, 5) is 6.86. The monoisotopic (exact) mass is 222 g/mol. The van der Waals surface area contributed by atoms with Crippen molar-refractivity contribution in [2.75, 3.05) is 32.0 Å². The van der Waals surface area contributed by atoms with Crippen molar-refractivity contribution < 1.29 is 0 Å². The van der Waals surface area contributed by atoms with E-state index in [4.69, 9.17) is 0 Å². The normalized spacial score (nSPS) is 18.9. The fourth-order valence-electron chi connectivity index (χ4n) is 2.28. The number of rotatable bonds is 3. The minimum atomic E-state index is 0.799. The van der Waals surface area contributed by atoms with Gasteiger partial charge >= 0.3 is 0 Å². The van der Waals surface area contributed by atoms with Crippen LogP contribution < -0.4 is 5.32 Å². The van der Waals surface area contributed by atoms with Crippen molar-refractivity contribution in [3.05, 3.63) is 11.9 Å². The topological polar surface area (TPSA) is 33.1 Å². The molecule has 0 atom stereocenters. The summed E-state index contributed by atoms with van der Waals surface area (Å²) in [6.45, 7) is 5.54. The zero-order valence-electron chi connectivity index (χ0n) is 10.5. The summed E-state index contributed by atoms with van der Waals surface area (Å²) in [6, 6.07) is 0. The largest absolute Gasteiger partial charge is 0.355 e. The van der Waals surface area contributed by atoms with Gasteiger partial charge in [-0.15, -0.1) is 0 Å². The van der Waals surface area contributed by atoms with Crippen LogP contribution in [0.1, 0.15) is 18.5 Å². The minimum absolute atomic E-state index is 0.799. The summed E-state index contributed by atoms with van der Waals surface area (Å²) in [7, 11) is 4.24. The van der Waals surface area contributed by atoms with Crippen molar-refractivity contribution >= 4 is 5.95 Å². The number of likely N-dealkylation sites (tertiary alicyclic amines) is 1. The number of hydrogen-bond donors (Lipinski definition) is 1. The van der Waals surface area contributed by atoms with Gasteiger partial charge < -0.3 is 14.8 Å². The molecule has 1 fully saturated rings. The Morgan fingerprint density at radius 3 is 2.62 bits per heavy atom. The minimum Gasteiger partial charge on any atom is -0.355 e. The highest BCUT2D eigenvalue weighted by atomic mass is 15.2. The number of hydrogen-bond acceptors (Lipinski definition) is 3. The van der Waals surface area contributed by atoms with Crippen LogP contribution in [-0.2, 0) is 7.05 Å². The standard InChI is InChI=1S/C12H22N4/c1-10-9-16(3)12(14-10)13-8-11-4-6-15(2)7-5-11/h9,11H,4-8H2,1-3H3,(H,13,14). The van der Waals surface area contributed by atoms with E-state index < -0.39 is 0 Å². The zero-order valence-corrected chi connectivity index (χ0v) is 10.5. The number of piperidine rings is 1. The quantitative estimate of drug-likeness (QED) is 0.841. The van der Waals surface area contributed by atoms with Crippen molar-refractivity contribution in [3.8, 4) is 0 Å². The van der Waals surface area contributed by atoms with Crippen LogP contribution in [0.5, 0.6) is 0 Å². The summed E-state index contributed by atoms with van der Waals surface area (Å²) >= 11 is 0. The molecule has 16 heavy (non-hydrogen) atoms. The van der Waals surface area contributed by atoms with E-state index in [1.54, 1.807) is 0 Å². The lowest BCUT2D eigenvalue weighted by Gasteiger charge is -2.29. The molecule has 2 rings (SSSR count). The van der Waals surface area contributed by atoms with E-state index in [1.807, 2.05) is 14.0 Å². The maximum Gasteiger partial charge on any atom is 0.202 e. The van der Waals surface area contributed by atoms with Gasteiger partial charge in [0.05, 0.1) is 5.69 Å². The first-order valence-electron chi connectivity index (χ1n) is 6.07. The fraction of sp³-hybridized carbons (Fsp3) is 0.750. The molecule has 90 valence electrons. The fourth-order valence-corrected chi connectivity index (χ4v) is 2.28. The van der Waals surface area contributed by atoms with Gasteiger partial charge in [0.1, 0.15) is 0 Å². The second-order valence-electron chi connectivity index (χ2n) is 4.94. The molecular formula is C12H22N4. The van der Waals surface area contributed by atoms with E-state index in [2.05, 4.69) is 33.0 Å². The van der Waals surface area contributed by atoms with Crippen LogP contribution in [0.25, 0.3) is 0 Å². The summed E-state index contributed by atoms with van der Waals surface area (Å²) in [5.41, 5.74) is 1.08. The summed E-state index contributed by atoms with van der Waals surface area (Å²) in [6.07, 6.45) is 4.65. The maximum absolute atomic E-state index is 4.45. The van der Waals surface area contributed by atoms with Gasteiger partial charge in [0, 0.05) is 19.8 Å². The number of imidazole rings is 1. The van der Waals surface area contributed by atoms with E-state index in [1.165, 1.54) is 25.9 Å². The van der Waals surface area contributed by atoms with Gasteiger partial charge in [-0.25, -0.2) is 4.98 Å². The molecule has 1 aromatic heterocycles. The number of anilines is 1. The van der Waals surface area contributed by atoms with Gasteiger partial charge in [0.15, 0.2) is 0 Å². The Balaban J connectivity index is 1.81. The molecule has 0 aliphatic carbocycles. The predicted molar refractivity (Wildman–Crippen MR) is 66.7 cm³/mol. The summed E-state index contributed by atoms with van der Waals surface area (Å²) in [5.74, 6) is 1.80. The molecule has 1 saturated heterocycles. The summed E-state index contributed by atoms with van der Waals surface area (Å²) < 4.78 is 2.06. The van der Waals surface area contributed by atoms with Gasteiger partial charge in [-0.05, 0) is 45.8 Å². The summed E-state index contributed by atoms with van der Waals surface area (Å²) in [5, 5.41) is 3.45. The predicted octanol–water partition coefficient (Wildman–Crippen LogP) is 1.48. The van der Waals surface area contributed by atoms with Crippen LogP contribution in [0.4, 0.5) is 5.95 Å². The molecule has 0 radical (unpaired) electrons. The Kier molecular flexibility index (Phi) is 3.49. The van der Waals surface area contributed by atoms with Gasteiger partial charge in [-0.3, -0.25) is 0 Å². The first-order valence-corrected chi connectivity index (χ1v) is 6.07. The third-order valence-corrected chi connectivity index (χ3v) is 3.38. The molecule has 0 amide bonds. The van der Waals surface area contributed by atoms with Crippen LogP contribution in [0.2, 0.25) is 0 Å². The lowest BCUT2D eigenvalue weighted by Crippen LogP contribution is -2.33. The number of aromatic nitrogens is 2. The Morgan fingerprint density at radius 1 is 1.38 bits per heavy atom. The average molecular weight is 222 g/mol. The SMILES string of the molecule is Cc1cn(C)c(NCC2CCN(C)CC2)n1. The molecule has 4 heteroatoms. The molecular weight excluding hydrogens is 200 g/mol. The molecule has 1 N–H and O–H groups in total. The van der Waals surface area contributed by atoms with E-state index in [-0.39, 0.29) is 0 Å². The molecule has 1 aromatic rings. The van der Waals surface area contributed by atoms with Gasteiger partial charge in [0.25, 0.3) is 0 Å². The zero-order chi connectivity index (χ0) is 11.5. The molecule has 0 unspecified atom stereocenters. The molecule has 0 saturated carbocycles. The smallest absolute Gasteiger partial charge is 0.202 e. The van der Waals surface area contributed by atoms with Crippen molar-refractivity contribution in [2.45, 2.75) is 19.8 Å².